The van der Waals surface area contributed by atoms with E-state index in [9.17, 15) is 13.2 Å². The van der Waals surface area contributed by atoms with Crippen LogP contribution in [0.5, 0.6) is 0 Å². The average molecular weight is 260 g/mol. The van der Waals surface area contributed by atoms with E-state index >= 15 is 0 Å². The van der Waals surface area contributed by atoms with Crippen LogP contribution in [0.3, 0.4) is 0 Å². The molecular formula is C12H20O4S. The van der Waals surface area contributed by atoms with Crippen LogP contribution >= 0.6 is 0 Å². The van der Waals surface area contributed by atoms with Crippen molar-refractivity contribution in [2.24, 2.45) is 5.41 Å². The van der Waals surface area contributed by atoms with Gasteiger partial charge in [-0.1, -0.05) is 19.3 Å². The van der Waals surface area contributed by atoms with Gasteiger partial charge < -0.3 is 4.74 Å². The van der Waals surface area contributed by atoms with Gasteiger partial charge in [-0.2, -0.15) is 0 Å². The summed E-state index contributed by atoms with van der Waals surface area (Å²) in [5.74, 6) is -0.0798. The molecule has 2 fully saturated rings. The Morgan fingerprint density at radius 2 is 1.82 bits per heavy atom. The number of ether oxygens (including phenoxy) is 1. The van der Waals surface area contributed by atoms with Gasteiger partial charge in [-0.25, -0.2) is 8.42 Å². The van der Waals surface area contributed by atoms with E-state index in [2.05, 4.69) is 0 Å². The lowest BCUT2D eigenvalue weighted by Crippen LogP contribution is -2.46. The third kappa shape index (κ3) is 2.09. The van der Waals surface area contributed by atoms with Crippen molar-refractivity contribution in [3.63, 3.8) is 0 Å². The molecule has 0 unspecified atom stereocenters. The van der Waals surface area contributed by atoms with Gasteiger partial charge in [0.1, 0.15) is 0 Å². The number of carbonyl (C=O) groups excluding carboxylic acids is 1. The summed E-state index contributed by atoms with van der Waals surface area (Å²) in [6.45, 7) is 0. The zero-order valence-corrected chi connectivity index (χ0v) is 11.1. The second-order valence-corrected chi connectivity index (χ2v) is 7.51. The number of hydrogen-bond donors (Lipinski definition) is 0. The summed E-state index contributed by atoms with van der Waals surface area (Å²) in [6, 6.07) is 0. The van der Waals surface area contributed by atoms with E-state index in [1.165, 1.54) is 7.11 Å². The number of carbonyl (C=O) groups is 1. The van der Waals surface area contributed by atoms with E-state index in [1.54, 1.807) is 0 Å². The third-order valence-electron chi connectivity index (χ3n) is 4.28. The van der Waals surface area contributed by atoms with Crippen molar-refractivity contribution in [3.05, 3.63) is 0 Å². The molecule has 1 atom stereocenters. The average Bonchev–Trinajstić information content (AvgIpc) is 2.69. The molecule has 2 aliphatic rings. The van der Waals surface area contributed by atoms with Crippen LogP contribution in [0.25, 0.3) is 0 Å². The molecule has 4 nitrogen and oxygen atoms in total. The second-order valence-electron chi connectivity index (χ2n) is 5.21. The Balaban J connectivity index is 2.36. The fraction of sp³-hybridized carbons (Fsp3) is 0.917. The van der Waals surface area contributed by atoms with Crippen molar-refractivity contribution in [1.29, 1.82) is 0 Å². The standard InChI is InChI=1S/C12H20O4S/c1-16-11(13)12(7-3-2-4-8-12)10-6-5-9-17(10,14)15/h10H,2-9H2,1H3/t10-/m1/s1. The van der Waals surface area contributed by atoms with Gasteiger partial charge >= 0.3 is 5.97 Å². The van der Waals surface area contributed by atoms with Crippen molar-refractivity contribution in [2.75, 3.05) is 12.9 Å². The van der Waals surface area contributed by atoms with Crippen LogP contribution < -0.4 is 0 Å². The molecule has 1 saturated heterocycles. The molecule has 0 aromatic heterocycles. The minimum Gasteiger partial charge on any atom is -0.469 e. The van der Waals surface area contributed by atoms with Crippen LogP contribution in [0.2, 0.25) is 0 Å². The summed E-state index contributed by atoms with van der Waals surface area (Å²) in [6.07, 6.45) is 5.60. The smallest absolute Gasteiger partial charge is 0.313 e. The molecular weight excluding hydrogens is 240 g/mol. The van der Waals surface area contributed by atoms with E-state index < -0.39 is 20.5 Å². The van der Waals surface area contributed by atoms with Crippen LogP contribution in [0.15, 0.2) is 0 Å². The topological polar surface area (TPSA) is 60.4 Å². The molecule has 1 heterocycles. The summed E-state index contributed by atoms with van der Waals surface area (Å²) < 4.78 is 29.1. The molecule has 2 rings (SSSR count). The minimum atomic E-state index is -3.10. The van der Waals surface area contributed by atoms with Gasteiger partial charge in [0, 0.05) is 0 Å². The molecule has 0 aromatic rings. The van der Waals surface area contributed by atoms with Crippen molar-refractivity contribution in [1.82, 2.24) is 0 Å². The zero-order chi connectivity index (χ0) is 12.5. The highest BCUT2D eigenvalue weighted by molar-refractivity contribution is 7.92. The lowest BCUT2D eigenvalue weighted by molar-refractivity contribution is -0.155. The number of esters is 1. The lowest BCUT2D eigenvalue weighted by Gasteiger charge is -2.38. The van der Waals surface area contributed by atoms with Crippen LogP contribution in [0, 0.1) is 5.41 Å². The fourth-order valence-electron chi connectivity index (χ4n) is 3.46. The maximum absolute atomic E-state index is 12.1. The summed E-state index contributed by atoms with van der Waals surface area (Å²) in [7, 11) is -1.74. The Morgan fingerprint density at radius 3 is 2.29 bits per heavy atom. The Morgan fingerprint density at radius 1 is 1.18 bits per heavy atom. The number of hydrogen-bond acceptors (Lipinski definition) is 4. The number of rotatable bonds is 2. The predicted octanol–water partition coefficient (Wildman–Crippen LogP) is 1.69. The number of sulfone groups is 1. The second kappa shape index (κ2) is 4.59. The van der Waals surface area contributed by atoms with E-state index in [0.29, 0.717) is 25.7 Å². The Bertz CT molecular complexity index is 393. The lowest BCUT2D eigenvalue weighted by atomic mass is 9.70. The molecule has 5 heteroatoms. The molecule has 17 heavy (non-hydrogen) atoms. The van der Waals surface area contributed by atoms with Crippen molar-refractivity contribution in [2.45, 2.75) is 50.2 Å². The highest BCUT2D eigenvalue weighted by Gasteiger charge is 2.54. The van der Waals surface area contributed by atoms with Gasteiger partial charge in [0.25, 0.3) is 0 Å². The quantitative estimate of drug-likeness (QED) is 0.709. The van der Waals surface area contributed by atoms with Gasteiger partial charge in [0.2, 0.25) is 0 Å². The van der Waals surface area contributed by atoms with Gasteiger partial charge in [0.05, 0.1) is 23.5 Å². The normalized spacial score (nSPS) is 31.0. The van der Waals surface area contributed by atoms with Gasteiger partial charge in [-0.3, -0.25) is 4.79 Å². The largest absolute Gasteiger partial charge is 0.469 e. The van der Waals surface area contributed by atoms with Gasteiger partial charge in [0.15, 0.2) is 9.84 Å². The monoisotopic (exact) mass is 260 g/mol. The maximum atomic E-state index is 12.1. The molecule has 1 saturated carbocycles. The summed E-state index contributed by atoms with van der Waals surface area (Å²) >= 11 is 0. The Labute approximate surface area is 103 Å². The van der Waals surface area contributed by atoms with E-state index in [-0.39, 0.29) is 11.7 Å². The first-order chi connectivity index (χ1) is 8.03. The molecule has 1 aliphatic carbocycles. The summed E-state index contributed by atoms with van der Waals surface area (Å²) in [5.41, 5.74) is -0.748. The van der Waals surface area contributed by atoms with Crippen LogP contribution in [0.1, 0.15) is 44.9 Å². The molecule has 0 radical (unpaired) electrons. The van der Waals surface area contributed by atoms with Crippen LogP contribution in [0.4, 0.5) is 0 Å². The fourth-order valence-corrected chi connectivity index (χ4v) is 5.85. The maximum Gasteiger partial charge on any atom is 0.313 e. The zero-order valence-electron chi connectivity index (χ0n) is 10.3. The molecule has 0 bridgehead atoms. The van der Waals surface area contributed by atoms with E-state index in [4.69, 9.17) is 4.74 Å². The molecule has 0 amide bonds. The molecule has 0 spiro atoms. The van der Waals surface area contributed by atoms with Crippen LogP contribution in [-0.2, 0) is 19.4 Å². The van der Waals surface area contributed by atoms with Crippen molar-refractivity contribution < 1.29 is 17.9 Å². The highest BCUT2D eigenvalue weighted by Crippen LogP contribution is 2.47. The molecule has 98 valence electrons. The molecule has 0 aromatic carbocycles. The first-order valence-electron chi connectivity index (χ1n) is 6.33. The first-order valence-corrected chi connectivity index (χ1v) is 8.04. The molecule has 0 N–H and O–H groups in total. The summed E-state index contributed by atoms with van der Waals surface area (Å²) in [5, 5.41) is -0.497. The highest BCUT2D eigenvalue weighted by atomic mass is 32.2. The van der Waals surface area contributed by atoms with Crippen LogP contribution in [-0.4, -0.2) is 32.5 Å². The third-order valence-corrected chi connectivity index (χ3v) is 6.69. The minimum absolute atomic E-state index is 0.233. The van der Waals surface area contributed by atoms with Gasteiger partial charge in [-0.05, 0) is 25.7 Å². The van der Waals surface area contributed by atoms with Gasteiger partial charge in [-0.15, -0.1) is 0 Å². The predicted molar refractivity (Wildman–Crippen MR) is 64.3 cm³/mol. The SMILES string of the molecule is COC(=O)C1([C@H]2CCCS2(=O)=O)CCCCC1. The summed E-state index contributed by atoms with van der Waals surface area (Å²) in [4.78, 5) is 12.1. The van der Waals surface area contributed by atoms with E-state index in [0.717, 1.165) is 19.3 Å². The van der Waals surface area contributed by atoms with E-state index in [1.807, 2.05) is 0 Å². The van der Waals surface area contributed by atoms with Crippen molar-refractivity contribution in [3.8, 4) is 0 Å². The first kappa shape index (κ1) is 12.9. The van der Waals surface area contributed by atoms with Crippen molar-refractivity contribution >= 4 is 15.8 Å². The Hall–Kier alpha value is -0.580. The Kier molecular flexibility index (Phi) is 3.48. The number of methoxy groups -OCH3 is 1. The molecule has 1 aliphatic heterocycles.